The quantitative estimate of drug-likeness (QED) is 0.767. The summed E-state index contributed by atoms with van der Waals surface area (Å²) in [5.41, 5.74) is 4.46. The van der Waals surface area contributed by atoms with Crippen LogP contribution < -0.4 is 4.72 Å². The number of carboxylic acids is 1. The lowest BCUT2D eigenvalue weighted by Gasteiger charge is -2.28. The van der Waals surface area contributed by atoms with Gasteiger partial charge in [0.15, 0.2) is 0 Å². The molecule has 0 bridgehead atoms. The summed E-state index contributed by atoms with van der Waals surface area (Å²) in [7, 11) is -3.61. The Morgan fingerprint density at radius 2 is 1.93 bits per heavy atom. The number of sulfonamides is 1. The molecule has 5 nitrogen and oxygen atoms in total. The van der Waals surface area contributed by atoms with Crippen molar-refractivity contribution in [1.82, 2.24) is 4.72 Å². The lowest BCUT2D eigenvalue weighted by molar-refractivity contribution is -0.136. The molecule has 0 amide bonds. The first-order valence-corrected chi connectivity index (χ1v) is 10.7. The molecule has 1 aliphatic rings. The molecule has 27 heavy (non-hydrogen) atoms. The summed E-state index contributed by atoms with van der Waals surface area (Å²) in [6, 6.07) is 9.94. The molecule has 0 heterocycles. The van der Waals surface area contributed by atoms with E-state index in [9.17, 15) is 13.2 Å². The second-order valence-corrected chi connectivity index (χ2v) is 9.06. The van der Waals surface area contributed by atoms with E-state index in [1.54, 1.807) is 12.1 Å². The highest BCUT2D eigenvalue weighted by Crippen LogP contribution is 2.29. The van der Waals surface area contributed by atoms with Gasteiger partial charge in [-0.1, -0.05) is 23.7 Å². The number of aryl methyl sites for hydroxylation is 1. The molecule has 7 heteroatoms. The number of halogens is 1. The van der Waals surface area contributed by atoms with E-state index in [1.165, 1.54) is 17.7 Å². The molecular weight excluding hydrogens is 386 g/mol. The van der Waals surface area contributed by atoms with Crippen LogP contribution in [0.25, 0.3) is 0 Å². The third-order valence-electron chi connectivity index (χ3n) is 5.01. The number of hydrogen-bond acceptors (Lipinski definition) is 3. The first-order chi connectivity index (χ1) is 12.8. The normalized spacial score (nSPS) is 16.7. The summed E-state index contributed by atoms with van der Waals surface area (Å²) in [5.74, 6) is -0.809. The van der Waals surface area contributed by atoms with Crippen LogP contribution in [0.4, 0.5) is 0 Å². The molecular formula is C20H22ClNO4S. The number of hydrogen-bond donors (Lipinski definition) is 2. The van der Waals surface area contributed by atoms with Crippen molar-refractivity contribution < 1.29 is 18.3 Å². The Kier molecular flexibility index (Phi) is 5.89. The number of carboxylic acid groups (broad SMARTS) is 1. The van der Waals surface area contributed by atoms with E-state index >= 15 is 0 Å². The van der Waals surface area contributed by atoms with E-state index < -0.39 is 16.0 Å². The van der Waals surface area contributed by atoms with Crippen LogP contribution in [0.15, 0.2) is 41.3 Å². The number of fused-ring (bicyclic) bond motifs is 1. The number of benzene rings is 2. The minimum absolute atomic E-state index is 0.101. The smallest absolute Gasteiger partial charge is 0.303 e. The number of nitrogens with one attached hydrogen (secondary N) is 1. The van der Waals surface area contributed by atoms with Crippen LogP contribution in [-0.4, -0.2) is 25.5 Å². The van der Waals surface area contributed by atoms with Crippen LogP contribution in [0.5, 0.6) is 0 Å². The zero-order valence-corrected chi connectivity index (χ0v) is 16.6. The van der Waals surface area contributed by atoms with Gasteiger partial charge in [0.25, 0.3) is 0 Å². The SMILES string of the molecule is Cc1ccc2c(c1CCC(=O)O)CC[C@H](NS(=O)(=O)c1ccc(Cl)cc1)C2. The van der Waals surface area contributed by atoms with E-state index in [0.717, 1.165) is 23.1 Å². The van der Waals surface area contributed by atoms with Gasteiger partial charge in [0.1, 0.15) is 0 Å². The van der Waals surface area contributed by atoms with Crippen molar-refractivity contribution in [3.8, 4) is 0 Å². The van der Waals surface area contributed by atoms with E-state index in [0.29, 0.717) is 24.3 Å². The number of rotatable bonds is 6. The first-order valence-electron chi connectivity index (χ1n) is 8.86. The van der Waals surface area contributed by atoms with E-state index in [1.807, 2.05) is 19.1 Å². The molecule has 2 aromatic carbocycles. The lowest BCUT2D eigenvalue weighted by Crippen LogP contribution is -2.39. The van der Waals surface area contributed by atoms with Gasteiger partial charge < -0.3 is 5.11 Å². The zero-order chi connectivity index (χ0) is 19.6. The molecule has 0 radical (unpaired) electrons. The zero-order valence-electron chi connectivity index (χ0n) is 15.0. The van der Waals surface area contributed by atoms with Crippen molar-refractivity contribution in [3.63, 3.8) is 0 Å². The molecule has 0 saturated heterocycles. The molecule has 2 N–H and O–H groups in total. The van der Waals surface area contributed by atoms with Gasteiger partial charge in [0.2, 0.25) is 10.0 Å². The highest BCUT2D eigenvalue weighted by atomic mass is 35.5. The Morgan fingerprint density at radius 1 is 1.22 bits per heavy atom. The first kappa shape index (κ1) is 19.9. The average Bonchev–Trinajstić information content (AvgIpc) is 2.61. The van der Waals surface area contributed by atoms with Gasteiger partial charge in [0.05, 0.1) is 4.90 Å². The summed E-state index contributed by atoms with van der Waals surface area (Å²) in [6.07, 6.45) is 2.63. The molecule has 2 aromatic rings. The second-order valence-electron chi connectivity index (χ2n) is 6.91. The van der Waals surface area contributed by atoms with Gasteiger partial charge in [0, 0.05) is 17.5 Å². The summed E-state index contributed by atoms with van der Waals surface area (Å²) in [6.45, 7) is 1.99. The highest BCUT2D eigenvalue weighted by Gasteiger charge is 2.26. The molecule has 0 unspecified atom stereocenters. The molecule has 144 valence electrons. The number of aliphatic carboxylic acids is 1. The molecule has 0 fully saturated rings. The Balaban J connectivity index is 1.77. The fraction of sp³-hybridized carbons (Fsp3) is 0.350. The Morgan fingerprint density at radius 3 is 2.59 bits per heavy atom. The predicted molar refractivity (Wildman–Crippen MR) is 105 cm³/mol. The van der Waals surface area contributed by atoms with Crippen LogP contribution in [0.3, 0.4) is 0 Å². The van der Waals surface area contributed by atoms with Gasteiger partial charge in [-0.3, -0.25) is 4.79 Å². The molecule has 0 spiro atoms. The third kappa shape index (κ3) is 4.69. The fourth-order valence-electron chi connectivity index (χ4n) is 3.63. The van der Waals surface area contributed by atoms with E-state index in [-0.39, 0.29) is 17.4 Å². The highest BCUT2D eigenvalue weighted by molar-refractivity contribution is 7.89. The fourth-order valence-corrected chi connectivity index (χ4v) is 5.03. The topological polar surface area (TPSA) is 83.5 Å². The third-order valence-corrected chi connectivity index (χ3v) is 6.79. The molecule has 1 atom stereocenters. The van der Waals surface area contributed by atoms with Crippen LogP contribution in [0.2, 0.25) is 5.02 Å². The van der Waals surface area contributed by atoms with Crippen molar-refractivity contribution in [2.24, 2.45) is 0 Å². The Bertz CT molecular complexity index is 955. The monoisotopic (exact) mass is 407 g/mol. The predicted octanol–water partition coefficient (Wildman–Crippen LogP) is 3.50. The maximum Gasteiger partial charge on any atom is 0.303 e. The van der Waals surface area contributed by atoms with Gasteiger partial charge >= 0.3 is 5.97 Å². The van der Waals surface area contributed by atoms with Crippen LogP contribution >= 0.6 is 11.6 Å². The van der Waals surface area contributed by atoms with Gasteiger partial charge in [-0.25, -0.2) is 13.1 Å². The summed E-state index contributed by atoms with van der Waals surface area (Å²) in [5, 5.41) is 9.47. The summed E-state index contributed by atoms with van der Waals surface area (Å²) >= 11 is 5.83. The minimum atomic E-state index is -3.61. The second kappa shape index (κ2) is 8.00. The molecule has 0 saturated carbocycles. The molecule has 0 aromatic heterocycles. The maximum absolute atomic E-state index is 12.6. The van der Waals surface area contributed by atoms with Crippen LogP contribution in [-0.2, 0) is 34.1 Å². The Hall–Kier alpha value is -1.89. The van der Waals surface area contributed by atoms with Crippen LogP contribution in [0, 0.1) is 6.92 Å². The molecule has 0 aliphatic heterocycles. The maximum atomic E-state index is 12.6. The van der Waals surface area contributed by atoms with Crippen molar-refractivity contribution in [2.45, 2.75) is 50.0 Å². The van der Waals surface area contributed by atoms with Crippen LogP contribution in [0.1, 0.15) is 35.1 Å². The summed E-state index contributed by atoms with van der Waals surface area (Å²) in [4.78, 5) is 11.1. The van der Waals surface area contributed by atoms with Crippen molar-refractivity contribution >= 4 is 27.6 Å². The van der Waals surface area contributed by atoms with Gasteiger partial charge in [-0.2, -0.15) is 0 Å². The Labute approximate surface area is 164 Å². The average molecular weight is 408 g/mol. The lowest BCUT2D eigenvalue weighted by atomic mass is 9.83. The summed E-state index contributed by atoms with van der Waals surface area (Å²) < 4.78 is 28.0. The van der Waals surface area contributed by atoms with E-state index in [4.69, 9.17) is 16.7 Å². The number of carbonyl (C=O) groups is 1. The standard InChI is InChI=1S/C20H22ClNO4S/c1-13-2-3-14-12-16(6-9-19(14)18(13)10-11-20(23)24)22-27(25,26)17-7-4-15(21)5-8-17/h2-5,7-8,16,22H,6,9-12H2,1H3,(H,23,24)/t16-/m0/s1. The minimum Gasteiger partial charge on any atom is -0.481 e. The molecule has 3 rings (SSSR count). The molecule has 1 aliphatic carbocycles. The van der Waals surface area contributed by atoms with Gasteiger partial charge in [-0.15, -0.1) is 0 Å². The van der Waals surface area contributed by atoms with E-state index in [2.05, 4.69) is 4.72 Å². The largest absolute Gasteiger partial charge is 0.481 e. The van der Waals surface area contributed by atoms with Gasteiger partial charge in [-0.05, 0) is 79.1 Å². The van der Waals surface area contributed by atoms with Crippen molar-refractivity contribution in [3.05, 3.63) is 63.7 Å². The van der Waals surface area contributed by atoms with Crippen molar-refractivity contribution in [1.29, 1.82) is 0 Å². The van der Waals surface area contributed by atoms with Crippen molar-refractivity contribution in [2.75, 3.05) is 0 Å².